The average Bonchev–Trinajstić information content (AvgIpc) is 2.76. The monoisotopic (exact) mass is 431 g/mol. The molecule has 2 aromatic rings. The number of nitro groups is 1. The van der Waals surface area contributed by atoms with Crippen LogP contribution in [0.5, 0.6) is 0 Å². The molecule has 0 unspecified atom stereocenters. The molecule has 0 N–H and O–H groups in total. The summed E-state index contributed by atoms with van der Waals surface area (Å²) in [5, 5.41) is 12.7. The summed E-state index contributed by atoms with van der Waals surface area (Å²) in [6, 6.07) is 7.73. The van der Waals surface area contributed by atoms with Crippen molar-refractivity contribution in [2.75, 3.05) is 49.7 Å². The van der Waals surface area contributed by atoms with Gasteiger partial charge in [0.05, 0.1) is 11.5 Å². The zero-order valence-electron chi connectivity index (χ0n) is 17.3. The first-order valence-electron chi connectivity index (χ1n) is 9.98. The second kappa shape index (κ2) is 10.4. The van der Waals surface area contributed by atoms with E-state index in [1.807, 2.05) is 41.0 Å². The highest BCUT2D eigenvalue weighted by atomic mass is 35.5. The lowest BCUT2D eigenvalue weighted by Gasteiger charge is -2.29. The van der Waals surface area contributed by atoms with E-state index >= 15 is 0 Å². The Balaban J connectivity index is 1.89. The zero-order chi connectivity index (χ0) is 21.5. The largest absolute Gasteiger partial charge is 0.383 e. The molecule has 1 aromatic heterocycles. The van der Waals surface area contributed by atoms with E-state index < -0.39 is 0 Å². The molecule has 0 aliphatic carbocycles. The van der Waals surface area contributed by atoms with Crippen LogP contribution in [0.1, 0.15) is 25.3 Å². The fraction of sp³-hybridized carbons (Fsp3) is 0.429. The van der Waals surface area contributed by atoms with Gasteiger partial charge in [0.1, 0.15) is 6.33 Å². The number of methoxy groups -OCH3 is 1. The van der Waals surface area contributed by atoms with Crippen molar-refractivity contribution < 1.29 is 9.66 Å². The minimum atomic E-state index is -0.376. The predicted octanol–water partition coefficient (Wildman–Crippen LogP) is 4.19. The van der Waals surface area contributed by atoms with Gasteiger partial charge in [0.15, 0.2) is 0 Å². The molecule has 1 aliphatic heterocycles. The van der Waals surface area contributed by atoms with Crippen LogP contribution < -0.4 is 9.80 Å². The van der Waals surface area contributed by atoms with Gasteiger partial charge in [-0.3, -0.25) is 10.1 Å². The SMILES string of the molecule is CCCN(CCOC)c1ncnc(N2CC=C(c3ccc(Cl)cc3)CC2)c1[N+](=O)[O-]. The van der Waals surface area contributed by atoms with Gasteiger partial charge in [-0.1, -0.05) is 36.7 Å². The quantitative estimate of drug-likeness (QED) is 0.434. The third kappa shape index (κ3) is 5.06. The Morgan fingerprint density at radius 3 is 2.63 bits per heavy atom. The number of nitrogens with zero attached hydrogens (tertiary/aromatic N) is 5. The highest BCUT2D eigenvalue weighted by Crippen LogP contribution is 2.36. The molecule has 8 nitrogen and oxygen atoms in total. The van der Waals surface area contributed by atoms with Crippen LogP contribution in [0.2, 0.25) is 5.02 Å². The Hall–Kier alpha value is -2.71. The predicted molar refractivity (Wildman–Crippen MR) is 119 cm³/mol. The van der Waals surface area contributed by atoms with E-state index in [0.717, 1.165) is 18.4 Å². The van der Waals surface area contributed by atoms with Gasteiger partial charge >= 0.3 is 5.69 Å². The van der Waals surface area contributed by atoms with Crippen molar-refractivity contribution in [3.05, 3.63) is 57.4 Å². The molecule has 0 saturated heterocycles. The van der Waals surface area contributed by atoms with Crippen LogP contribution in [0, 0.1) is 10.1 Å². The molecule has 9 heteroatoms. The number of aromatic nitrogens is 2. The molecule has 30 heavy (non-hydrogen) atoms. The molecule has 1 aromatic carbocycles. The Kier molecular flexibility index (Phi) is 7.59. The Morgan fingerprint density at radius 1 is 1.27 bits per heavy atom. The van der Waals surface area contributed by atoms with Gasteiger partial charge in [-0.15, -0.1) is 0 Å². The summed E-state index contributed by atoms with van der Waals surface area (Å²) in [5.74, 6) is 0.700. The first-order valence-corrected chi connectivity index (χ1v) is 10.4. The van der Waals surface area contributed by atoms with Gasteiger partial charge in [-0.25, -0.2) is 9.97 Å². The highest BCUT2D eigenvalue weighted by Gasteiger charge is 2.30. The summed E-state index contributed by atoms with van der Waals surface area (Å²) < 4.78 is 5.17. The first-order chi connectivity index (χ1) is 14.5. The average molecular weight is 432 g/mol. The molecule has 0 fully saturated rings. The maximum Gasteiger partial charge on any atom is 0.353 e. The number of benzene rings is 1. The van der Waals surface area contributed by atoms with Crippen LogP contribution in [-0.4, -0.2) is 54.8 Å². The van der Waals surface area contributed by atoms with Crippen LogP contribution in [0.3, 0.4) is 0 Å². The Morgan fingerprint density at radius 2 is 2.03 bits per heavy atom. The standard InChI is InChI=1S/C21H26ClN5O3/c1-3-10-25(13-14-30-2)20-19(27(28)29)21(24-15-23-20)26-11-8-17(9-12-26)16-4-6-18(22)7-5-16/h4-8,15H,3,9-14H2,1-2H3. The smallest absolute Gasteiger partial charge is 0.353 e. The van der Waals surface area contributed by atoms with Gasteiger partial charge in [-0.05, 0) is 36.1 Å². The van der Waals surface area contributed by atoms with Crippen molar-refractivity contribution in [1.29, 1.82) is 0 Å². The molecule has 0 amide bonds. The number of halogens is 1. The topological polar surface area (TPSA) is 84.6 Å². The number of rotatable bonds is 9. The maximum absolute atomic E-state index is 12.0. The number of anilines is 2. The van der Waals surface area contributed by atoms with Gasteiger partial charge in [0.2, 0.25) is 11.6 Å². The number of hydrogen-bond acceptors (Lipinski definition) is 7. The molecule has 3 rings (SSSR count). The van der Waals surface area contributed by atoms with Crippen LogP contribution in [0.4, 0.5) is 17.3 Å². The van der Waals surface area contributed by atoms with Crippen molar-refractivity contribution >= 4 is 34.5 Å². The van der Waals surface area contributed by atoms with Crippen LogP contribution in [-0.2, 0) is 4.74 Å². The molecular weight excluding hydrogens is 406 g/mol. The summed E-state index contributed by atoms with van der Waals surface area (Å²) in [5.41, 5.74) is 2.27. The molecule has 0 radical (unpaired) electrons. The van der Waals surface area contributed by atoms with E-state index in [1.54, 1.807) is 7.11 Å². The molecule has 160 valence electrons. The van der Waals surface area contributed by atoms with Crippen LogP contribution in [0.25, 0.3) is 5.57 Å². The van der Waals surface area contributed by atoms with Gasteiger partial charge in [0.25, 0.3) is 0 Å². The fourth-order valence-corrected chi connectivity index (χ4v) is 3.70. The lowest BCUT2D eigenvalue weighted by Crippen LogP contribution is -2.33. The lowest BCUT2D eigenvalue weighted by atomic mass is 9.99. The minimum absolute atomic E-state index is 0.0506. The van der Waals surface area contributed by atoms with Gasteiger partial charge in [-0.2, -0.15) is 0 Å². The molecule has 0 atom stereocenters. The second-order valence-corrected chi connectivity index (χ2v) is 7.48. The van der Waals surface area contributed by atoms with Gasteiger partial charge < -0.3 is 14.5 Å². The zero-order valence-corrected chi connectivity index (χ0v) is 18.0. The van der Waals surface area contributed by atoms with Gasteiger partial charge in [0, 0.05) is 38.3 Å². The van der Waals surface area contributed by atoms with Crippen molar-refractivity contribution in [1.82, 2.24) is 9.97 Å². The van der Waals surface area contributed by atoms with Crippen LogP contribution >= 0.6 is 11.6 Å². The fourth-order valence-electron chi connectivity index (χ4n) is 3.57. The normalized spacial score (nSPS) is 13.8. The first kappa shape index (κ1) is 22.0. The Labute approximate surface area is 181 Å². The maximum atomic E-state index is 12.0. The summed E-state index contributed by atoms with van der Waals surface area (Å²) in [4.78, 5) is 24.0. The lowest BCUT2D eigenvalue weighted by molar-refractivity contribution is -0.383. The Bertz CT molecular complexity index is 904. The highest BCUT2D eigenvalue weighted by molar-refractivity contribution is 6.30. The molecule has 0 bridgehead atoms. The molecule has 0 saturated carbocycles. The van der Waals surface area contributed by atoms with E-state index in [4.69, 9.17) is 16.3 Å². The summed E-state index contributed by atoms with van der Waals surface area (Å²) in [7, 11) is 1.61. The van der Waals surface area contributed by atoms with E-state index in [2.05, 4.69) is 16.0 Å². The summed E-state index contributed by atoms with van der Waals surface area (Å²) in [6.45, 7) is 4.86. The number of ether oxygens (including phenoxy) is 1. The summed E-state index contributed by atoms with van der Waals surface area (Å²) in [6.07, 6.45) is 5.11. The van der Waals surface area contributed by atoms with E-state index in [1.165, 1.54) is 11.9 Å². The molecule has 1 aliphatic rings. The minimum Gasteiger partial charge on any atom is -0.383 e. The van der Waals surface area contributed by atoms with E-state index in [0.29, 0.717) is 49.4 Å². The third-order valence-corrected chi connectivity index (χ3v) is 5.30. The number of hydrogen-bond donors (Lipinski definition) is 0. The van der Waals surface area contributed by atoms with Crippen molar-refractivity contribution in [3.8, 4) is 0 Å². The molecule has 2 heterocycles. The van der Waals surface area contributed by atoms with Crippen molar-refractivity contribution in [3.63, 3.8) is 0 Å². The van der Waals surface area contributed by atoms with Crippen molar-refractivity contribution in [2.24, 2.45) is 0 Å². The van der Waals surface area contributed by atoms with E-state index in [9.17, 15) is 10.1 Å². The van der Waals surface area contributed by atoms with E-state index in [-0.39, 0.29) is 10.6 Å². The molecular formula is C21H26ClN5O3. The summed E-state index contributed by atoms with van der Waals surface area (Å²) >= 11 is 5.98. The van der Waals surface area contributed by atoms with Crippen molar-refractivity contribution in [2.45, 2.75) is 19.8 Å². The molecule has 0 spiro atoms. The van der Waals surface area contributed by atoms with Crippen LogP contribution in [0.15, 0.2) is 36.7 Å². The second-order valence-electron chi connectivity index (χ2n) is 7.04. The third-order valence-electron chi connectivity index (χ3n) is 5.05.